The van der Waals surface area contributed by atoms with Crippen LogP contribution in [0.3, 0.4) is 0 Å². The van der Waals surface area contributed by atoms with Crippen molar-refractivity contribution in [1.82, 2.24) is 4.98 Å². The number of rotatable bonds is 2. The van der Waals surface area contributed by atoms with Crippen LogP contribution in [0.15, 0.2) is 6.20 Å². The van der Waals surface area contributed by atoms with Crippen molar-refractivity contribution in [2.45, 2.75) is 6.92 Å². The van der Waals surface area contributed by atoms with Gasteiger partial charge in [0.15, 0.2) is 5.56 Å². The van der Waals surface area contributed by atoms with Crippen molar-refractivity contribution < 1.29 is 14.8 Å². The van der Waals surface area contributed by atoms with Gasteiger partial charge in [-0.2, -0.15) is 5.26 Å². The highest BCUT2D eigenvalue weighted by atomic mass is 16.6. The number of aromatic carboxylic acids is 1. The zero-order chi connectivity index (χ0) is 11.6. The first kappa shape index (κ1) is 10.6. The molecule has 7 heteroatoms. The van der Waals surface area contributed by atoms with E-state index in [1.54, 1.807) is 6.07 Å². The number of carboxylic acid groups (broad SMARTS) is 1. The summed E-state index contributed by atoms with van der Waals surface area (Å²) in [6.07, 6.45) is 1.01. The molecular weight excluding hydrogens is 202 g/mol. The molecule has 0 bridgehead atoms. The lowest BCUT2D eigenvalue weighted by atomic mass is 10.1. The summed E-state index contributed by atoms with van der Waals surface area (Å²) in [7, 11) is 0. The molecule has 1 aromatic heterocycles. The molecule has 15 heavy (non-hydrogen) atoms. The van der Waals surface area contributed by atoms with Gasteiger partial charge in [0.05, 0.1) is 10.5 Å². The van der Waals surface area contributed by atoms with E-state index >= 15 is 0 Å². The molecule has 1 N–H and O–H groups in total. The number of carboxylic acids is 1. The van der Waals surface area contributed by atoms with Crippen LogP contribution in [-0.4, -0.2) is 21.0 Å². The maximum atomic E-state index is 10.8. The first-order chi connectivity index (χ1) is 6.99. The Bertz CT molecular complexity index is 489. The molecule has 0 amide bonds. The van der Waals surface area contributed by atoms with E-state index in [4.69, 9.17) is 10.4 Å². The van der Waals surface area contributed by atoms with E-state index < -0.39 is 22.1 Å². The second-order valence-electron chi connectivity index (χ2n) is 2.65. The van der Waals surface area contributed by atoms with Gasteiger partial charge in [-0.1, -0.05) is 0 Å². The first-order valence-corrected chi connectivity index (χ1v) is 3.76. The third kappa shape index (κ3) is 1.73. The predicted molar refractivity (Wildman–Crippen MR) is 47.3 cm³/mol. The van der Waals surface area contributed by atoms with Crippen molar-refractivity contribution in [3.63, 3.8) is 0 Å². The summed E-state index contributed by atoms with van der Waals surface area (Å²) in [4.78, 5) is 24.1. The largest absolute Gasteiger partial charge is 0.477 e. The van der Waals surface area contributed by atoms with Crippen LogP contribution >= 0.6 is 0 Å². The number of nitro groups is 1. The summed E-state index contributed by atoms with van der Waals surface area (Å²) in [6.45, 7) is 1.31. The minimum atomic E-state index is -1.51. The molecule has 7 nitrogen and oxygen atoms in total. The lowest BCUT2D eigenvalue weighted by molar-refractivity contribution is -0.386. The van der Waals surface area contributed by atoms with Gasteiger partial charge in [0.2, 0.25) is 0 Å². The van der Waals surface area contributed by atoms with Crippen molar-refractivity contribution in [3.8, 4) is 6.07 Å². The fraction of sp³-hybridized carbons (Fsp3) is 0.125. The molecule has 0 saturated carbocycles. The number of aromatic nitrogens is 1. The summed E-state index contributed by atoms with van der Waals surface area (Å²) in [5.74, 6) is -1.51. The molecule has 0 fully saturated rings. The summed E-state index contributed by atoms with van der Waals surface area (Å²) in [5, 5.41) is 28.0. The van der Waals surface area contributed by atoms with Crippen LogP contribution in [-0.2, 0) is 0 Å². The average molecular weight is 207 g/mol. The zero-order valence-electron chi connectivity index (χ0n) is 7.59. The van der Waals surface area contributed by atoms with Crippen molar-refractivity contribution >= 4 is 11.7 Å². The van der Waals surface area contributed by atoms with Gasteiger partial charge in [0.1, 0.15) is 11.8 Å². The summed E-state index contributed by atoms with van der Waals surface area (Å²) < 4.78 is 0. The number of nitriles is 1. The van der Waals surface area contributed by atoms with E-state index in [1.165, 1.54) is 6.92 Å². The molecule has 1 heterocycles. The van der Waals surface area contributed by atoms with Crippen molar-refractivity contribution in [2.75, 3.05) is 0 Å². The Balaban J connectivity index is 3.68. The third-order valence-electron chi connectivity index (χ3n) is 1.75. The van der Waals surface area contributed by atoms with Crippen molar-refractivity contribution in [3.05, 3.63) is 33.1 Å². The maximum absolute atomic E-state index is 10.8. The van der Waals surface area contributed by atoms with E-state index in [0.29, 0.717) is 0 Å². The minimum Gasteiger partial charge on any atom is -0.477 e. The number of nitrogens with zero attached hydrogens (tertiary/aromatic N) is 3. The van der Waals surface area contributed by atoms with E-state index in [-0.39, 0.29) is 11.3 Å². The molecule has 1 aromatic rings. The average Bonchev–Trinajstić information content (AvgIpc) is 2.16. The molecule has 76 valence electrons. The van der Waals surface area contributed by atoms with Crippen molar-refractivity contribution in [1.29, 1.82) is 5.26 Å². The number of hydrogen-bond acceptors (Lipinski definition) is 5. The van der Waals surface area contributed by atoms with Crippen LogP contribution in [0.2, 0.25) is 0 Å². The Kier molecular flexibility index (Phi) is 2.62. The molecule has 0 unspecified atom stereocenters. The molecule has 0 aliphatic heterocycles. The number of carbonyl (C=O) groups is 1. The van der Waals surface area contributed by atoms with Gasteiger partial charge in [0.25, 0.3) is 0 Å². The van der Waals surface area contributed by atoms with Crippen LogP contribution in [0.4, 0.5) is 5.69 Å². The minimum absolute atomic E-state index is 0.0311. The highest BCUT2D eigenvalue weighted by Gasteiger charge is 2.27. The van der Waals surface area contributed by atoms with E-state index in [9.17, 15) is 14.9 Å². The SMILES string of the molecule is Cc1ncc(C#N)c(C(=O)O)c1[N+](=O)[O-]. The Morgan fingerprint density at radius 2 is 2.33 bits per heavy atom. The fourth-order valence-corrected chi connectivity index (χ4v) is 1.12. The standard InChI is InChI=1S/C8H5N3O4/c1-4-7(11(14)15)6(8(12)13)5(2-9)3-10-4/h3H,1H3,(H,12,13). The molecule has 1 rings (SSSR count). The molecule has 0 aliphatic rings. The first-order valence-electron chi connectivity index (χ1n) is 3.76. The summed E-state index contributed by atoms with van der Waals surface area (Å²) >= 11 is 0. The second kappa shape index (κ2) is 3.71. The lowest BCUT2D eigenvalue weighted by Crippen LogP contribution is -2.08. The van der Waals surface area contributed by atoms with Gasteiger partial charge in [0, 0.05) is 6.20 Å². The molecule has 0 radical (unpaired) electrons. The smallest absolute Gasteiger partial charge is 0.344 e. The Labute approximate surface area is 83.7 Å². The van der Waals surface area contributed by atoms with Gasteiger partial charge >= 0.3 is 11.7 Å². The van der Waals surface area contributed by atoms with Gasteiger partial charge in [-0.15, -0.1) is 0 Å². The Hall–Kier alpha value is -2.49. The normalized spacial score (nSPS) is 9.33. The quantitative estimate of drug-likeness (QED) is 0.567. The number of hydrogen-bond donors (Lipinski definition) is 1. The molecule has 0 aliphatic carbocycles. The highest BCUT2D eigenvalue weighted by molar-refractivity contribution is 5.95. The summed E-state index contributed by atoms with van der Waals surface area (Å²) in [6, 6.07) is 1.55. The topological polar surface area (TPSA) is 117 Å². The van der Waals surface area contributed by atoms with E-state index in [0.717, 1.165) is 6.20 Å². The Morgan fingerprint density at radius 3 is 2.73 bits per heavy atom. The lowest BCUT2D eigenvalue weighted by Gasteiger charge is -2.01. The van der Waals surface area contributed by atoms with Gasteiger partial charge < -0.3 is 5.11 Å². The molecule has 0 saturated heterocycles. The number of pyridine rings is 1. The zero-order valence-corrected chi connectivity index (χ0v) is 7.59. The molecule has 0 atom stereocenters. The second-order valence-corrected chi connectivity index (χ2v) is 2.65. The third-order valence-corrected chi connectivity index (χ3v) is 1.75. The van der Waals surface area contributed by atoms with Crippen LogP contribution in [0.1, 0.15) is 21.6 Å². The summed E-state index contributed by atoms with van der Waals surface area (Å²) in [5.41, 5.74) is -1.60. The molecule has 0 aromatic carbocycles. The van der Waals surface area contributed by atoms with Crippen molar-refractivity contribution in [2.24, 2.45) is 0 Å². The Morgan fingerprint density at radius 1 is 1.73 bits per heavy atom. The predicted octanol–water partition coefficient (Wildman–Crippen LogP) is 0.868. The fourth-order valence-electron chi connectivity index (χ4n) is 1.12. The van der Waals surface area contributed by atoms with Crippen LogP contribution in [0.25, 0.3) is 0 Å². The van der Waals surface area contributed by atoms with E-state index in [2.05, 4.69) is 4.98 Å². The van der Waals surface area contributed by atoms with Crippen LogP contribution < -0.4 is 0 Å². The monoisotopic (exact) mass is 207 g/mol. The van der Waals surface area contributed by atoms with Gasteiger partial charge in [-0.3, -0.25) is 15.1 Å². The van der Waals surface area contributed by atoms with Crippen LogP contribution in [0.5, 0.6) is 0 Å². The van der Waals surface area contributed by atoms with Gasteiger partial charge in [-0.25, -0.2) is 4.79 Å². The van der Waals surface area contributed by atoms with Crippen LogP contribution in [0, 0.1) is 28.4 Å². The number of aryl methyl sites for hydroxylation is 1. The molecular formula is C8H5N3O4. The maximum Gasteiger partial charge on any atom is 0.344 e. The highest BCUT2D eigenvalue weighted by Crippen LogP contribution is 2.24. The van der Waals surface area contributed by atoms with Gasteiger partial charge in [-0.05, 0) is 6.92 Å². The van der Waals surface area contributed by atoms with E-state index in [1.807, 2.05) is 0 Å². The molecule has 0 spiro atoms.